The number of nitrogens with zero attached hydrogens (tertiary/aromatic N) is 1. The van der Waals surface area contributed by atoms with Gasteiger partial charge in [0.15, 0.2) is 0 Å². The van der Waals surface area contributed by atoms with Gasteiger partial charge in [-0.3, -0.25) is 0 Å². The summed E-state index contributed by atoms with van der Waals surface area (Å²) in [6.07, 6.45) is 0. The minimum Gasteiger partial charge on any atom is -0.456 e. The van der Waals surface area contributed by atoms with Crippen LogP contribution in [0.25, 0.3) is 75.1 Å². The molecule has 2 aromatic heterocycles. The van der Waals surface area contributed by atoms with Crippen LogP contribution in [0.3, 0.4) is 0 Å². The van der Waals surface area contributed by atoms with Gasteiger partial charge >= 0.3 is 0 Å². The summed E-state index contributed by atoms with van der Waals surface area (Å²) < 4.78 is 9.07. The Balaban J connectivity index is 1.06. The molecular weight excluding hydrogens is 651 g/mol. The van der Waals surface area contributed by atoms with Crippen LogP contribution in [0.15, 0.2) is 168 Å². The maximum absolute atomic E-state index is 6.40. The Morgan fingerprint density at radius 1 is 0.462 bits per heavy atom. The Morgan fingerprint density at radius 2 is 1.13 bits per heavy atom. The van der Waals surface area contributed by atoms with Gasteiger partial charge in [0.2, 0.25) is 0 Å². The van der Waals surface area contributed by atoms with E-state index < -0.39 is 0 Å². The SMILES string of the molecule is CC1(C)c2ccccc2-c2cc(N(c3ccc(-c4ccc5ccc6sc7ccccc7c6c5c4)cc3)c3ccc4c(c3)oc3ccccc34)ccc21. The number of rotatable bonds is 4. The number of para-hydroxylation sites is 1. The minimum absolute atomic E-state index is 0.0507. The van der Waals surface area contributed by atoms with Gasteiger partial charge in [-0.25, -0.2) is 0 Å². The molecule has 2 nitrogen and oxygen atoms in total. The molecule has 0 amide bonds. The van der Waals surface area contributed by atoms with Crippen LogP contribution in [0.4, 0.5) is 17.1 Å². The van der Waals surface area contributed by atoms with E-state index in [1.165, 1.54) is 64.3 Å². The van der Waals surface area contributed by atoms with E-state index in [1.54, 1.807) is 0 Å². The van der Waals surface area contributed by atoms with Crippen LogP contribution >= 0.6 is 11.3 Å². The summed E-state index contributed by atoms with van der Waals surface area (Å²) in [4.78, 5) is 2.37. The average Bonchev–Trinajstić information content (AvgIpc) is 3.83. The van der Waals surface area contributed by atoms with Gasteiger partial charge in [-0.2, -0.15) is 0 Å². The van der Waals surface area contributed by atoms with Gasteiger partial charge in [0.05, 0.1) is 0 Å². The van der Waals surface area contributed by atoms with E-state index in [4.69, 9.17) is 4.42 Å². The quantitative estimate of drug-likeness (QED) is 0.184. The largest absolute Gasteiger partial charge is 0.456 e. The number of fused-ring (bicyclic) bond motifs is 11. The molecule has 246 valence electrons. The molecule has 0 N–H and O–H groups in total. The normalized spacial score (nSPS) is 13.3. The summed E-state index contributed by atoms with van der Waals surface area (Å²) in [5, 5.41) is 7.52. The third-order valence-electron chi connectivity index (χ3n) is 11.3. The topological polar surface area (TPSA) is 16.4 Å². The highest BCUT2D eigenvalue weighted by atomic mass is 32.1. The van der Waals surface area contributed by atoms with Crippen LogP contribution in [0, 0.1) is 0 Å². The van der Waals surface area contributed by atoms with Gasteiger partial charge in [-0.1, -0.05) is 111 Å². The Hall–Kier alpha value is -6.16. The number of anilines is 3. The molecule has 0 saturated carbocycles. The highest BCUT2D eigenvalue weighted by Gasteiger charge is 2.35. The zero-order valence-corrected chi connectivity index (χ0v) is 29.7. The maximum Gasteiger partial charge on any atom is 0.137 e. The third-order valence-corrected chi connectivity index (χ3v) is 12.4. The lowest BCUT2D eigenvalue weighted by molar-refractivity contribution is 0.660. The molecule has 0 spiro atoms. The molecule has 1 aliphatic rings. The van der Waals surface area contributed by atoms with Crippen molar-refractivity contribution in [2.75, 3.05) is 4.90 Å². The fraction of sp³-hybridized carbons (Fsp3) is 0.0612. The number of hydrogen-bond donors (Lipinski definition) is 0. The summed E-state index contributed by atoms with van der Waals surface area (Å²) in [5.41, 5.74) is 12.8. The first-order valence-electron chi connectivity index (χ1n) is 17.9. The van der Waals surface area contributed by atoms with Crippen LogP contribution in [0.2, 0.25) is 0 Å². The second-order valence-corrected chi connectivity index (χ2v) is 15.6. The van der Waals surface area contributed by atoms with E-state index in [9.17, 15) is 0 Å². The van der Waals surface area contributed by atoms with Crippen molar-refractivity contribution in [1.29, 1.82) is 0 Å². The van der Waals surface area contributed by atoms with Crippen LogP contribution in [-0.4, -0.2) is 0 Å². The molecule has 0 saturated heterocycles. The van der Waals surface area contributed by atoms with Crippen molar-refractivity contribution in [3.05, 3.63) is 175 Å². The molecule has 10 aromatic rings. The van der Waals surface area contributed by atoms with E-state index in [1.807, 2.05) is 23.5 Å². The van der Waals surface area contributed by atoms with Gasteiger partial charge in [-0.15, -0.1) is 11.3 Å². The molecule has 0 radical (unpaired) electrons. The van der Waals surface area contributed by atoms with Gasteiger partial charge in [0, 0.05) is 59.5 Å². The number of benzene rings is 8. The Labute approximate surface area is 305 Å². The Bertz CT molecular complexity index is 3050. The Kier molecular flexibility index (Phi) is 6.21. The smallest absolute Gasteiger partial charge is 0.137 e. The fourth-order valence-corrected chi connectivity index (χ4v) is 9.80. The van der Waals surface area contributed by atoms with E-state index in [2.05, 4.69) is 170 Å². The van der Waals surface area contributed by atoms with Gasteiger partial charge < -0.3 is 9.32 Å². The molecule has 52 heavy (non-hydrogen) atoms. The van der Waals surface area contributed by atoms with Gasteiger partial charge in [0.1, 0.15) is 11.2 Å². The highest BCUT2D eigenvalue weighted by Crippen LogP contribution is 2.51. The monoisotopic (exact) mass is 683 g/mol. The fourth-order valence-electron chi connectivity index (χ4n) is 8.67. The van der Waals surface area contributed by atoms with E-state index in [0.717, 1.165) is 39.0 Å². The summed E-state index contributed by atoms with van der Waals surface area (Å²) in [7, 11) is 0. The lowest BCUT2D eigenvalue weighted by Gasteiger charge is -2.27. The molecule has 0 atom stereocenters. The molecule has 0 unspecified atom stereocenters. The number of furan rings is 1. The second-order valence-electron chi connectivity index (χ2n) is 14.5. The molecule has 3 heteroatoms. The zero-order valence-electron chi connectivity index (χ0n) is 28.9. The predicted molar refractivity (Wildman–Crippen MR) is 222 cm³/mol. The first-order valence-corrected chi connectivity index (χ1v) is 18.7. The lowest BCUT2D eigenvalue weighted by atomic mass is 9.82. The van der Waals surface area contributed by atoms with Crippen molar-refractivity contribution in [2.24, 2.45) is 0 Å². The molecule has 0 aliphatic heterocycles. The van der Waals surface area contributed by atoms with E-state index >= 15 is 0 Å². The molecular formula is C49H33NOS. The molecule has 0 fully saturated rings. The van der Waals surface area contributed by atoms with Crippen molar-refractivity contribution in [3.8, 4) is 22.3 Å². The second kappa shape index (κ2) is 10.9. The van der Waals surface area contributed by atoms with Crippen molar-refractivity contribution in [2.45, 2.75) is 19.3 Å². The van der Waals surface area contributed by atoms with E-state index in [-0.39, 0.29) is 5.41 Å². The molecule has 0 bridgehead atoms. The molecule has 1 aliphatic carbocycles. The van der Waals surface area contributed by atoms with Crippen molar-refractivity contribution < 1.29 is 4.42 Å². The molecule has 2 heterocycles. The van der Waals surface area contributed by atoms with Gasteiger partial charge in [-0.05, 0) is 105 Å². The van der Waals surface area contributed by atoms with Crippen LogP contribution in [0.5, 0.6) is 0 Å². The number of thiophene rings is 1. The molecule has 8 aromatic carbocycles. The van der Waals surface area contributed by atoms with Crippen molar-refractivity contribution >= 4 is 81.3 Å². The van der Waals surface area contributed by atoms with Crippen LogP contribution in [-0.2, 0) is 5.41 Å². The summed E-state index contributed by atoms with van der Waals surface area (Å²) in [6.45, 7) is 4.67. The summed E-state index contributed by atoms with van der Waals surface area (Å²) >= 11 is 1.87. The number of hydrogen-bond acceptors (Lipinski definition) is 3. The first kappa shape index (κ1) is 29.6. The van der Waals surface area contributed by atoms with Crippen molar-refractivity contribution in [3.63, 3.8) is 0 Å². The third kappa shape index (κ3) is 4.30. The van der Waals surface area contributed by atoms with Gasteiger partial charge in [0.25, 0.3) is 0 Å². The Morgan fingerprint density at radius 3 is 2.04 bits per heavy atom. The maximum atomic E-state index is 6.40. The summed E-state index contributed by atoms with van der Waals surface area (Å²) in [6, 6.07) is 60.0. The molecule has 11 rings (SSSR count). The lowest BCUT2D eigenvalue weighted by Crippen LogP contribution is -2.15. The highest BCUT2D eigenvalue weighted by molar-refractivity contribution is 7.26. The summed E-state index contributed by atoms with van der Waals surface area (Å²) in [5.74, 6) is 0. The first-order chi connectivity index (χ1) is 25.5. The predicted octanol–water partition coefficient (Wildman–Crippen LogP) is 14.6. The van der Waals surface area contributed by atoms with Crippen LogP contribution in [0.1, 0.15) is 25.0 Å². The standard InChI is InChI=1S/C49H33NOS/c1-49(2)42-12-6-3-9-36(42)41-28-34(23-25-43(41)49)50(35-22-24-38-37-10-4-7-13-44(37)51-45(38)29-35)33-20-17-30(18-21-33)32-16-15-31-19-26-47-48(40(31)27-32)39-11-5-8-14-46(39)52-47/h3-29H,1-2H3. The average molecular weight is 684 g/mol. The van der Waals surface area contributed by atoms with Crippen LogP contribution < -0.4 is 4.90 Å². The van der Waals surface area contributed by atoms with E-state index in [0.29, 0.717) is 0 Å². The van der Waals surface area contributed by atoms with Crippen molar-refractivity contribution in [1.82, 2.24) is 0 Å². The minimum atomic E-state index is -0.0507. The zero-order chi connectivity index (χ0) is 34.6.